The van der Waals surface area contributed by atoms with Gasteiger partial charge < -0.3 is 4.74 Å². The van der Waals surface area contributed by atoms with E-state index in [4.69, 9.17) is 16.3 Å². The van der Waals surface area contributed by atoms with Crippen molar-refractivity contribution in [1.82, 2.24) is 4.98 Å². The summed E-state index contributed by atoms with van der Waals surface area (Å²) < 4.78 is 5.08. The number of ether oxygens (including phenoxy) is 1. The van der Waals surface area contributed by atoms with E-state index in [1.165, 1.54) is 31.5 Å². The second kappa shape index (κ2) is 8.19. The van der Waals surface area contributed by atoms with E-state index >= 15 is 0 Å². The van der Waals surface area contributed by atoms with Gasteiger partial charge in [-0.25, -0.2) is 4.98 Å². The summed E-state index contributed by atoms with van der Waals surface area (Å²) in [5, 5.41) is 24.5. The van der Waals surface area contributed by atoms with Crippen LogP contribution in [0.4, 0.5) is 11.5 Å². The number of nitro benzene ring substituents is 1. The maximum Gasteiger partial charge on any atom is 0.270 e. The zero-order chi connectivity index (χ0) is 18.4. The maximum absolute atomic E-state index is 10.8. The number of rotatable bonds is 6. The normalized spacial score (nSPS) is 10.6. The number of halogens is 1. The second-order valence-electron chi connectivity index (χ2n) is 5.02. The number of hydrogen-bond acceptors (Lipinski definition) is 7. The lowest BCUT2D eigenvalue weighted by Gasteiger charge is -2.09. The molecule has 0 radical (unpaired) electrons. The van der Waals surface area contributed by atoms with E-state index < -0.39 is 4.92 Å². The third kappa shape index (κ3) is 4.50. The Balaban J connectivity index is 2.30. The molecule has 0 amide bonds. The number of nitriles is 1. The van der Waals surface area contributed by atoms with Crippen LogP contribution in [-0.2, 0) is 11.3 Å². The smallest absolute Gasteiger partial charge is 0.270 e. The summed E-state index contributed by atoms with van der Waals surface area (Å²) in [6, 6.07) is 7.85. The number of nitrogens with one attached hydrogen (secondary N) is 1. The van der Waals surface area contributed by atoms with Crippen molar-refractivity contribution >= 4 is 29.3 Å². The predicted molar refractivity (Wildman–Crippen MR) is 93.7 cm³/mol. The first-order valence-electron chi connectivity index (χ1n) is 7.08. The predicted octanol–water partition coefficient (Wildman–Crippen LogP) is 3.42. The van der Waals surface area contributed by atoms with E-state index in [1.807, 2.05) is 0 Å². The number of non-ortho nitro benzene ring substituents is 1. The number of benzene rings is 1. The average molecular weight is 360 g/mol. The van der Waals surface area contributed by atoms with Crippen LogP contribution in [0.15, 0.2) is 29.4 Å². The van der Waals surface area contributed by atoms with Crippen molar-refractivity contribution < 1.29 is 9.66 Å². The Hall–Kier alpha value is -3.02. The van der Waals surface area contributed by atoms with Crippen LogP contribution in [0.3, 0.4) is 0 Å². The second-order valence-corrected chi connectivity index (χ2v) is 5.43. The lowest BCUT2D eigenvalue weighted by atomic mass is 10.1. The number of methoxy groups -OCH3 is 1. The zero-order valence-electron chi connectivity index (χ0n) is 13.5. The van der Waals surface area contributed by atoms with Crippen LogP contribution in [0.25, 0.3) is 0 Å². The minimum absolute atomic E-state index is 0.0976. The van der Waals surface area contributed by atoms with Gasteiger partial charge >= 0.3 is 0 Å². The van der Waals surface area contributed by atoms with Gasteiger partial charge in [-0.1, -0.05) is 11.6 Å². The molecule has 1 heterocycles. The molecule has 0 spiro atoms. The molecular formula is C16H14ClN5O3. The van der Waals surface area contributed by atoms with Crippen molar-refractivity contribution in [2.45, 2.75) is 13.5 Å². The fourth-order valence-electron chi connectivity index (χ4n) is 2.12. The minimum atomic E-state index is -0.520. The summed E-state index contributed by atoms with van der Waals surface area (Å²) in [6.07, 6.45) is 1.33. The van der Waals surface area contributed by atoms with Gasteiger partial charge in [0.2, 0.25) is 0 Å². The summed E-state index contributed by atoms with van der Waals surface area (Å²) in [6.45, 7) is 2.05. The molecule has 0 atom stereocenters. The number of hydrogen-bond donors (Lipinski definition) is 1. The van der Waals surface area contributed by atoms with Crippen LogP contribution >= 0.6 is 11.6 Å². The van der Waals surface area contributed by atoms with Crippen molar-refractivity contribution in [2.24, 2.45) is 5.10 Å². The number of pyridine rings is 1. The molecule has 0 aliphatic carbocycles. The first-order chi connectivity index (χ1) is 12.0. The number of nitrogens with zero attached hydrogens (tertiary/aromatic N) is 4. The van der Waals surface area contributed by atoms with Crippen LogP contribution in [0.1, 0.15) is 22.4 Å². The van der Waals surface area contributed by atoms with Gasteiger partial charge in [0.1, 0.15) is 11.6 Å². The highest BCUT2D eigenvalue weighted by Gasteiger charge is 2.11. The van der Waals surface area contributed by atoms with Gasteiger partial charge in [0.15, 0.2) is 5.82 Å². The number of aromatic nitrogens is 1. The van der Waals surface area contributed by atoms with E-state index in [9.17, 15) is 15.4 Å². The van der Waals surface area contributed by atoms with Crippen molar-refractivity contribution in [2.75, 3.05) is 12.5 Å². The lowest BCUT2D eigenvalue weighted by Crippen LogP contribution is -2.03. The number of hydrazone groups is 1. The summed E-state index contributed by atoms with van der Waals surface area (Å²) in [5.41, 5.74) is 4.64. The van der Waals surface area contributed by atoms with Gasteiger partial charge in [0, 0.05) is 41.1 Å². The van der Waals surface area contributed by atoms with Crippen LogP contribution in [0.2, 0.25) is 5.02 Å². The molecule has 0 saturated carbocycles. The number of anilines is 1. The summed E-state index contributed by atoms with van der Waals surface area (Å²) in [7, 11) is 1.53. The van der Waals surface area contributed by atoms with Crippen LogP contribution in [0.5, 0.6) is 0 Å². The molecular weight excluding hydrogens is 346 g/mol. The highest BCUT2D eigenvalue weighted by molar-refractivity contribution is 6.33. The number of aryl methyl sites for hydroxylation is 1. The van der Waals surface area contributed by atoms with Gasteiger partial charge in [-0.15, -0.1) is 0 Å². The SMILES string of the molecule is COCc1cc(C)nc(N/N=C/c2cc([N+](=O)[O-])ccc2Cl)c1C#N. The highest BCUT2D eigenvalue weighted by atomic mass is 35.5. The summed E-state index contributed by atoms with van der Waals surface area (Å²) in [4.78, 5) is 14.5. The molecule has 0 saturated heterocycles. The van der Waals surface area contributed by atoms with E-state index in [2.05, 4.69) is 21.6 Å². The fourth-order valence-corrected chi connectivity index (χ4v) is 2.29. The van der Waals surface area contributed by atoms with E-state index in [1.54, 1.807) is 13.0 Å². The molecule has 2 rings (SSSR count). The van der Waals surface area contributed by atoms with Crippen molar-refractivity contribution in [3.63, 3.8) is 0 Å². The molecule has 2 aromatic rings. The summed E-state index contributed by atoms with van der Waals surface area (Å²) >= 11 is 6.01. The Morgan fingerprint density at radius 1 is 1.52 bits per heavy atom. The molecule has 1 N–H and O–H groups in total. The Morgan fingerprint density at radius 2 is 2.28 bits per heavy atom. The van der Waals surface area contributed by atoms with Gasteiger partial charge in [-0.2, -0.15) is 10.4 Å². The average Bonchev–Trinajstić information content (AvgIpc) is 2.56. The Labute approximate surface area is 148 Å². The Morgan fingerprint density at radius 3 is 2.92 bits per heavy atom. The molecule has 1 aromatic carbocycles. The van der Waals surface area contributed by atoms with Gasteiger partial charge in [0.05, 0.1) is 17.7 Å². The molecule has 8 nitrogen and oxygen atoms in total. The number of nitro groups is 1. The molecule has 0 fully saturated rings. The van der Waals surface area contributed by atoms with Crippen LogP contribution in [-0.4, -0.2) is 23.2 Å². The lowest BCUT2D eigenvalue weighted by molar-refractivity contribution is -0.384. The zero-order valence-corrected chi connectivity index (χ0v) is 14.2. The monoisotopic (exact) mass is 359 g/mol. The molecule has 0 aliphatic heterocycles. The van der Waals surface area contributed by atoms with Crippen LogP contribution < -0.4 is 5.43 Å². The highest BCUT2D eigenvalue weighted by Crippen LogP contribution is 2.22. The molecule has 0 unspecified atom stereocenters. The third-order valence-electron chi connectivity index (χ3n) is 3.21. The van der Waals surface area contributed by atoms with Crippen LogP contribution in [0, 0.1) is 28.4 Å². The molecule has 25 heavy (non-hydrogen) atoms. The standard InChI is InChI=1S/C16H14ClN5O3/c1-10-5-12(9-25-2)14(7-18)16(20-10)21-19-8-11-6-13(22(23)24)3-4-15(11)17/h3-6,8H,9H2,1-2H3,(H,20,21)/b19-8+. The maximum atomic E-state index is 10.8. The molecule has 0 aliphatic rings. The van der Waals surface area contributed by atoms with Crippen molar-refractivity contribution in [3.8, 4) is 6.07 Å². The van der Waals surface area contributed by atoms with E-state index in [0.29, 0.717) is 27.4 Å². The first-order valence-corrected chi connectivity index (χ1v) is 7.46. The van der Waals surface area contributed by atoms with E-state index in [-0.39, 0.29) is 18.1 Å². The fraction of sp³-hybridized carbons (Fsp3) is 0.188. The van der Waals surface area contributed by atoms with Gasteiger partial charge in [-0.05, 0) is 19.1 Å². The van der Waals surface area contributed by atoms with Gasteiger partial charge in [0.25, 0.3) is 5.69 Å². The summed E-state index contributed by atoms with van der Waals surface area (Å²) in [5.74, 6) is 0.271. The Kier molecular flexibility index (Phi) is 6.00. The molecule has 128 valence electrons. The minimum Gasteiger partial charge on any atom is -0.380 e. The molecule has 9 heteroatoms. The largest absolute Gasteiger partial charge is 0.380 e. The third-order valence-corrected chi connectivity index (χ3v) is 3.55. The topological polar surface area (TPSA) is 113 Å². The Bertz CT molecular complexity index is 877. The van der Waals surface area contributed by atoms with E-state index in [0.717, 1.165) is 0 Å². The molecule has 1 aromatic heterocycles. The van der Waals surface area contributed by atoms with Crippen molar-refractivity contribution in [1.29, 1.82) is 5.26 Å². The first kappa shape index (κ1) is 18.3. The quantitative estimate of drug-likeness (QED) is 0.480. The molecule has 0 bridgehead atoms. The van der Waals surface area contributed by atoms with Gasteiger partial charge in [-0.3, -0.25) is 15.5 Å². The van der Waals surface area contributed by atoms with Crippen molar-refractivity contribution in [3.05, 3.63) is 61.8 Å².